The number of aliphatic hydroxyl groups excluding tert-OH is 1. The number of rotatable bonds is 10. The Hall–Kier alpha value is -1.79. The summed E-state index contributed by atoms with van der Waals surface area (Å²) in [4.78, 5) is 13.4. The second kappa shape index (κ2) is 10.0. The first-order valence-electron chi connectivity index (χ1n) is 7.50. The molecule has 0 fully saturated rings. The zero-order valence-electron chi connectivity index (χ0n) is 13.5. The molecule has 0 aromatic heterocycles. The van der Waals surface area contributed by atoms with Crippen molar-refractivity contribution in [2.75, 3.05) is 39.9 Å². The van der Waals surface area contributed by atoms with Gasteiger partial charge in [-0.25, -0.2) is 0 Å². The SMILES string of the molecule is CCOc1ccc(OCCNC(=O)CN(C)CC(C)O)cc1. The zero-order chi connectivity index (χ0) is 16.4. The van der Waals surface area contributed by atoms with E-state index in [1.807, 2.05) is 31.2 Å². The molecule has 6 nitrogen and oxygen atoms in total. The normalized spacial score (nSPS) is 12.0. The summed E-state index contributed by atoms with van der Waals surface area (Å²) in [5.41, 5.74) is 0. The molecule has 0 aliphatic carbocycles. The van der Waals surface area contributed by atoms with Crippen molar-refractivity contribution in [1.29, 1.82) is 0 Å². The number of amides is 1. The summed E-state index contributed by atoms with van der Waals surface area (Å²) in [6.07, 6.45) is -0.444. The first-order chi connectivity index (χ1) is 10.5. The standard InChI is InChI=1S/C16H26N2O4/c1-4-21-14-5-7-15(8-6-14)22-10-9-17-16(20)12-18(3)11-13(2)19/h5-8,13,19H,4,9-12H2,1-3H3,(H,17,20). The van der Waals surface area contributed by atoms with Crippen LogP contribution in [-0.4, -0.2) is 61.9 Å². The van der Waals surface area contributed by atoms with Crippen molar-refractivity contribution in [3.05, 3.63) is 24.3 Å². The van der Waals surface area contributed by atoms with Crippen LogP contribution in [0.5, 0.6) is 11.5 Å². The number of likely N-dealkylation sites (N-methyl/N-ethyl adjacent to an activating group) is 1. The molecule has 2 N–H and O–H groups in total. The van der Waals surface area contributed by atoms with Gasteiger partial charge in [-0.3, -0.25) is 9.69 Å². The topological polar surface area (TPSA) is 71.0 Å². The van der Waals surface area contributed by atoms with E-state index in [-0.39, 0.29) is 12.5 Å². The Bertz CT molecular complexity index is 434. The van der Waals surface area contributed by atoms with Crippen LogP contribution in [0.4, 0.5) is 0 Å². The Kier molecular flexibility index (Phi) is 8.32. The second-order valence-corrected chi connectivity index (χ2v) is 5.15. The summed E-state index contributed by atoms with van der Waals surface area (Å²) in [6, 6.07) is 7.37. The molecule has 0 spiro atoms. The number of carbonyl (C=O) groups is 1. The lowest BCUT2D eigenvalue weighted by Gasteiger charge is -2.17. The van der Waals surface area contributed by atoms with Crippen LogP contribution in [0.2, 0.25) is 0 Å². The second-order valence-electron chi connectivity index (χ2n) is 5.15. The third-order valence-electron chi connectivity index (χ3n) is 2.82. The monoisotopic (exact) mass is 310 g/mol. The van der Waals surface area contributed by atoms with Gasteiger partial charge in [0.25, 0.3) is 0 Å². The Morgan fingerprint density at radius 2 is 1.86 bits per heavy atom. The van der Waals surface area contributed by atoms with Crippen molar-refractivity contribution in [1.82, 2.24) is 10.2 Å². The van der Waals surface area contributed by atoms with Crippen LogP contribution in [0, 0.1) is 0 Å². The third-order valence-corrected chi connectivity index (χ3v) is 2.82. The van der Waals surface area contributed by atoms with E-state index < -0.39 is 6.10 Å². The molecule has 0 saturated heterocycles. The van der Waals surface area contributed by atoms with Gasteiger partial charge in [0.1, 0.15) is 18.1 Å². The average molecular weight is 310 g/mol. The predicted octanol–water partition coefficient (Wildman–Crippen LogP) is 0.893. The molecule has 0 radical (unpaired) electrons. The highest BCUT2D eigenvalue weighted by Gasteiger charge is 2.08. The molecule has 1 rings (SSSR count). The van der Waals surface area contributed by atoms with E-state index in [0.29, 0.717) is 26.3 Å². The summed E-state index contributed by atoms with van der Waals surface area (Å²) in [5.74, 6) is 1.46. The number of ether oxygens (including phenoxy) is 2. The fourth-order valence-corrected chi connectivity index (χ4v) is 1.97. The average Bonchev–Trinajstić information content (AvgIpc) is 2.44. The smallest absolute Gasteiger partial charge is 0.234 e. The van der Waals surface area contributed by atoms with Crippen molar-refractivity contribution in [2.24, 2.45) is 0 Å². The van der Waals surface area contributed by atoms with Crippen LogP contribution in [0.15, 0.2) is 24.3 Å². The molecule has 124 valence electrons. The molecule has 0 aliphatic rings. The van der Waals surface area contributed by atoms with Crippen molar-refractivity contribution >= 4 is 5.91 Å². The minimum absolute atomic E-state index is 0.0848. The minimum Gasteiger partial charge on any atom is -0.494 e. The van der Waals surface area contributed by atoms with E-state index in [1.54, 1.807) is 18.9 Å². The van der Waals surface area contributed by atoms with Gasteiger partial charge in [0.15, 0.2) is 0 Å². The fraction of sp³-hybridized carbons (Fsp3) is 0.562. The van der Waals surface area contributed by atoms with Gasteiger partial charge >= 0.3 is 0 Å². The summed E-state index contributed by atoms with van der Waals surface area (Å²) in [7, 11) is 1.79. The number of aliphatic hydroxyl groups is 1. The Morgan fingerprint density at radius 1 is 1.27 bits per heavy atom. The van der Waals surface area contributed by atoms with Crippen LogP contribution in [-0.2, 0) is 4.79 Å². The van der Waals surface area contributed by atoms with Gasteiger partial charge < -0.3 is 19.9 Å². The molecular weight excluding hydrogens is 284 g/mol. The minimum atomic E-state index is -0.444. The van der Waals surface area contributed by atoms with E-state index in [9.17, 15) is 9.90 Å². The lowest BCUT2D eigenvalue weighted by atomic mass is 10.3. The van der Waals surface area contributed by atoms with Gasteiger partial charge in [-0.05, 0) is 45.2 Å². The van der Waals surface area contributed by atoms with Gasteiger partial charge in [0, 0.05) is 6.54 Å². The highest BCUT2D eigenvalue weighted by molar-refractivity contribution is 5.77. The number of nitrogens with zero attached hydrogens (tertiary/aromatic N) is 1. The van der Waals surface area contributed by atoms with E-state index in [2.05, 4.69) is 5.32 Å². The molecule has 0 heterocycles. The van der Waals surface area contributed by atoms with Gasteiger partial charge in [-0.1, -0.05) is 0 Å². The molecule has 0 aliphatic heterocycles. The van der Waals surface area contributed by atoms with Crippen molar-refractivity contribution < 1.29 is 19.4 Å². The van der Waals surface area contributed by atoms with Crippen LogP contribution >= 0.6 is 0 Å². The molecule has 6 heteroatoms. The van der Waals surface area contributed by atoms with Crippen LogP contribution in [0.3, 0.4) is 0 Å². The third kappa shape index (κ3) is 7.85. The Balaban J connectivity index is 2.17. The van der Waals surface area contributed by atoms with Gasteiger partial charge in [0.2, 0.25) is 5.91 Å². The molecule has 1 aromatic rings. The fourth-order valence-electron chi connectivity index (χ4n) is 1.97. The molecule has 1 unspecified atom stereocenters. The Labute approximate surface area is 132 Å². The van der Waals surface area contributed by atoms with E-state index in [0.717, 1.165) is 11.5 Å². The number of nitrogens with one attached hydrogen (secondary N) is 1. The summed E-state index contributed by atoms with van der Waals surface area (Å²) in [5, 5.41) is 12.0. The highest BCUT2D eigenvalue weighted by Crippen LogP contribution is 2.17. The van der Waals surface area contributed by atoms with Crippen LogP contribution in [0.1, 0.15) is 13.8 Å². The quantitative estimate of drug-likeness (QED) is 0.628. The highest BCUT2D eigenvalue weighted by atomic mass is 16.5. The maximum Gasteiger partial charge on any atom is 0.234 e. The van der Waals surface area contributed by atoms with Crippen molar-refractivity contribution in [3.63, 3.8) is 0 Å². The summed E-state index contributed by atoms with van der Waals surface area (Å²) in [6.45, 7) is 5.83. The van der Waals surface area contributed by atoms with Crippen molar-refractivity contribution in [2.45, 2.75) is 20.0 Å². The van der Waals surface area contributed by atoms with Gasteiger partial charge in [-0.2, -0.15) is 0 Å². The summed E-state index contributed by atoms with van der Waals surface area (Å²) < 4.78 is 10.9. The van der Waals surface area contributed by atoms with E-state index >= 15 is 0 Å². The predicted molar refractivity (Wildman–Crippen MR) is 85.3 cm³/mol. The molecular formula is C16H26N2O4. The lowest BCUT2D eigenvalue weighted by Crippen LogP contribution is -2.39. The van der Waals surface area contributed by atoms with E-state index in [1.165, 1.54) is 0 Å². The lowest BCUT2D eigenvalue weighted by molar-refractivity contribution is -0.122. The van der Waals surface area contributed by atoms with Crippen LogP contribution < -0.4 is 14.8 Å². The molecule has 0 bridgehead atoms. The molecule has 1 aromatic carbocycles. The van der Waals surface area contributed by atoms with Gasteiger partial charge in [-0.15, -0.1) is 0 Å². The number of hydrogen-bond donors (Lipinski definition) is 2. The largest absolute Gasteiger partial charge is 0.494 e. The molecule has 22 heavy (non-hydrogen) atoms. The summed E-state index contributed by atoms with van der Waals surface area (Å²) >= 11 is 0. The number of carbonyl (C=O) groups excluding carboxylic acids is 1. The molecule has 1 atom stereocenters. The van der Waals surface area contributed by atoms with Gasteiger partial charge in [0.05, 0.1) is 25.8 Å². The molecule has 0 saturated carbocycles. The Morgan fingerprint density at radius 3 is 2.41 bits per heavy atom. The number of benzene rings is 1. The van der Waals surface area contributed by atoms with E-state index in [4.69, 9.17) is 9.47 Å². The first-order valence-corrected chi connectivity index (χ1v) is 7.50. The zero-order valence-corrected chi connectivity index (χ0v) is 13.5. The first kappa shape index (κ1) is 18.3. The van der Waals surface area contributed by atoms with Crippen LogP contribution in [0.25, 0.3) is 0 Å². The maximum absolute atomic E-state index is 11.7. The number of hydrogen-bond acceptors (Lipinski definition) is 5. The molecule has 1 amide bonds. The van der Waals surface area contributed by atoms with Crippen molar-refractivity contribution in [3.8, 4) is 11.5 Å². The maximum atomic E-state index is 11.7.